The highest BCUT2D eigenvalue weighted by atomic mass is 16.1. The minimum absolute atomic E-state index is 0.368. The van der Waals surface area contributed by atoms with Crippen molar-refractivity contribution in [3.63, 3.8) is 0 Å². The molecule has 0 atom stereocenters. The van der Waals surface area contributed by atoms with Crippen molar-refractivity contribution < 1.29 is 4.79 Å². The largest absolute Gasteiger partial charge is 0.366 e. The van der Waals surface area contributed by atoms with E-state index in [1.54, 1.807) is 24.3 Å². The Morgan fingerprint density at radius 3 is 2.24 bits per heavy atom. The predicted molar refractivity (Wildman–Crippen MR) is 65.6 cm³/mol. The van der Waals surface area contributed by atoms with Crippen molar-refractivity contribution in [2.45, 2.75) is 0 Å². The molecule has 4 nitrogen and oxygen atoms in total. The van der Waals surface area contributed by atoms with E-state index in [1.807, 2.05) is 30.3 Å². The maximum absolute atomic E-state index is 11.2. The number of azo groups is 1. The van der Waals surface area contributed by atoms with Crippen molar-refractivity contribution in [1.82, 2.24) is 0 Å². The van der Waals surface area contributed by atoms with Crippen LogP contribution in [0, 0.1) is 0 Å². The molecule has 0 fully saturated rings. The van der Waals surface area contributed by atoms with Gasteiger partial charge >= 0.3 is 0 Å². The van der Waals surface area contributed by atoms with Crippen LogP contribution in [0.5, 0.6) is 0 Å². The van der Waals surface area contributed by atoms with Gasteiger partial charge in [-0.3, -0.25) is 4.79 Å². The maximum atomic E-state index is 11.2. The molecule has 2 N–H and O–H groups in total. The zero-order chi connectivity index (χ0) is 12.1. The Balaban J connectivity index is 2.30. The zero-order valence-corrected chi connectivity index (χ0v) is 9.08. The highest BCUT2D eigenvalue weighted by Gasteiger charge is 2.05. The molecule has 2 rings (SSSR count). The molecule has 0 aliphatic heterocycles. The smallest absolute Gasteiger partial charge is 0.250 e. The zero-order valence-electron chi connectivity index (χ0n) is 9.08. The standard InChI is InChI=1S/C13H11N3O/c14-13(17)11-8-4-5-9-12(11)16-15-10-6-2-1-3-7-10/h1-9H,(H2,14,17)/b16-15+. The normalized spacial score (nSPS) is 10.6. The molecule has 0 aromatic heterocycles. The van der Waals surface area contributed by atoms with Gasteiger partial charge in [0, 0.05) is 0 Å². The summed E-state index contributed by atoms with van der Waals surface area (Å²) in [6.07, 6.45) is 0. The molecule has 0 saturated heterocycles. The average Bonchev–Trinajstić information content (AvgIpc) is 2.38. The molecule has 1 amide bonds. The summed E-state index contributed by atoms with van der Waals surface area (Å²) >= 11 is 0. The number of carbonyl (C=O) groups is 1. The lowest BCUT2D eigenvalue weighted by Crippen LogP contribution is -2.10. The van der Waals surface area contributed by atoms with E-state index in [0.717, 1.165) is 5.69 Å². The number of rotatable bonds is 3. The minimum atomic E-state index is -0.507. The molecule has 2 aromatic carbocycles. The van der Waals surface area contributed by atoms with E-state index in [9.17, 15) is 4.79 Å². The summed E-state index contributed by atoms with van der Waals surface area (Å²) in [5.41, 5.74) is 6.81. The molecular formula is C13H11N3O. The Morgan fingerprint density at radius 1 is 0.882 bits per heavy atom. The van der Waals surface area contributed by atoms with Crippen LogP contribution in [0.15, 0.2) is 64.8 Å². The van der Waals surface area contributed by atoms with Crippen LogP contribution in [-0.2, 0) is 0 Å². The van der Waals surface area contributed by atoms with Crippen LogP contribution in [0.2, 0.25) is 0 Å². The highest BCUT2D eigenvalue weighted by Crippen LogP contribution is 2.21. The van der Waals surface area contributed by atoms with Crippen LogP contribution >= 0.6 is 0 Å². The van der Waals surface area contributed by atoms with E-state index < -0.39 is 5.91 Å². The summed E-state index contributed by atoms with van der Waals surface area (Å²) in [7, 11) is 0. The lowest BCUT2D eigenvalue weighted by Gasteiger charge is -1.99. The Bertz CT molecular complexity index is 550. The summed E-state index contributed by atoms with van der Waals surface area (Å²) in [5.74, 6) is -0.507. The van der Waals surface area contributed by atoms with Gasteiger partial charge in [-0.05, 0) is 24.3 Å². The Labute approximate surface area is 98.8 Å². The van der Waals surface area contributed by atoms with Crippen molar-refractivity contribution in [3.05, 3.63) is 60.2 Å². The third kappa shape index (κ3) is 2.75. The van der Waals surface area contributed by atoms with Gasteiger partial charge in [0.1, 0.15) is 0 Å². The van der Waals surface area contributed by atoms with Crippen LogP contribution in [-0.4, -0.2) is 5.91 Å². The fraction of sp³-hybridized carbons (Fsp3) is 0. The molecule has 0 unspecified atom stereocenters. The molecule has 0 bridgehead atoms. The van der Waals surface area contributed by atoms with Crippen molar-refractivity contribution in [2.75, 3.05) is 0 Å². The van der Waals surface area contributed by atoms with Crippen molar-refractivity contribution in [3.8, 4) is 0 Å². The van der Waals surface area contributed by atoms with Gasteiger partial charge in [0.2, 0.25) is 0 Å². The fourth-order valence-corrected chi connectivity index (χ4v) is 1.38. The molecule has 0 heterocycles. The first kappa shape index (κ1) is 11.0. The number of nitrogens with zero attached hydrogens (tertiary/aromatic N) is 2. The summed E-state index contributed by atoms with van der Waals surface area (Å²) in [4.78, 5) is 11.2. The number of amides is 1. The van der Waals surface area contributed by atoms with E-state index in [2.05, 4.69) is 10.2 Å². The molecule has 17 heavy (non-hydrogen) atoms. The quantitative estimate of drug-likeness (QED) is 0.800. The molecule has 4 heteroatoms. The lowest BCUT2D eigenvalue weighted by molar-refractivity contribution is 0.100. The summed E-state index contributed by atoms with van der Waals surface area (Å²) in [6, 6.07) is 16.1. The van der Waals surface area contributed by atoms with Gasteiger partial charge in [0.05, 0.1) is 16.9 Å². The van der Waals surface area contributed by atoms with E-state index in [1.165, 1.54) is 0 Å². The SMILES string of the molecule is NC(=O)c1ccccc1/N=N/c1ccccc1. The summed E-state index contributed by atoms with van der Waals surface area (Å²) in [5, 5.41) is 8.06. The average molecular weight is 225 g/mol. The maximum Gasteiger partial charge on any atom is 0.250 e. The highest BCUT2D eigenvalue weighted by molar-refractivity contribution is 5.97. The predicted octanol–water partition coefficient (Wildman–Crippen LogP) is 3.20. The number of hydrogen-bond donors (Lipinski definition) is 1. The van der Waals surface area contributed by atoms with Crippen molar-refractivity contribution >= 4 is 17.3 Å². The van der Waals surface area contributed by atoms with Crippen molar-refractivity contribution in [1.29, 1.82) is 0 Å². The number of primary amides is 1. The molecular weight excluding hydrogens is 214 g/mol. The third-order valence-corrected chi connectivity index (χ3v) is 2.20. The van der Waals surface area contributed by atoms with Crippen LogP contribution < -0.4 is 5.73 Å². The van der Waals surface area contributed by atoms with Crippen LogP contribution in [0.4, 0.5) is 11.4 Å². The Morgan fingerprint density at radius 2 is 1.53 bits per heavy atom. The van der Waals surface area contributed by atoms with Crippen LogP contribution in [0.1, 0.15) is 10.4 Å². The minimum Gasteiger partial charge on any atom is -0.366 e. The second-order valence-corrected chi connectivity index (χ2v) is 3.42. The Hall–Kier alpha value is -2.49. The fourth-order valence-electron chi connectivity index (χ4n) is 1.38. The first-order valence-electron chi connectivity index (χ1n) is 5.13. The monoisotopic (exact) mass is 225 g/mol. The Kier molecular flexibility index (Phi) is 3.25. The molecule has 0 spiro atoms. The number of hydrogen-bond acceptors (Lipinski definition) is 3. The third-order valence-electron chi connectivity index (χ3n) is 2.20. The topological polar surface area (TPSA) is 67.8 Å². The van der Waals surface area contributed by atoms with Gasteiger partial charge in [0.25, 0.3) is 5.91 Å². The first-order valence-corrected chi connectivity index (χ1v) is 5.13. The first-order chi connectivity index (χ1) is 8.27. The van der Waals surface area contributed by atoms with Crippen LogP contribution in [0.3, 0.4) is 0 Å². The second kappa shape index (κ2) is 5.03. The summed E-state index contributed by atoms with van der Waals surface area (Å²) in [6.45, 7) is 0. The lowest BCUT2D eigenvalue weighted by atomic mass is 10.2. The van der Waals surface area contributed by atoms with E-state index in [4.69, 9.17) is 5.73 Å². The van der Waals surface area contributed by atoms with Gasteiger partial charge in [-0.15, -0.1) is 5.11 Å². The van der Waals surface area contributed by atoms with E-state index in [-0.39, 0.29) is 0 Å². The van der Waals surface area contributed by atoms with E-state index >= 15 is 0 Å². The number of carbonyl (C=O) groups excluding carboxylic acids is 1. The molecule has 0 radical (unpaired) electrons. The second-order valence-electron chi connectivity index (χ2n) is 3.42. The molecule has 84 valence electrons. The number of benzene rings is 2. The van der Waals surface area contributed by atoms with Crippen LogP contribution in [0.25, 0.3) is 0 Å². The molecule has 0 aliphatic carbocycles. The van der Waals surface area contributed by atoms with Gasteiger partial charge in [-0.25, -0.2) is 0 Å². The molecule has 0 aliphatic rings. The number of nitrogens with two attached hydrogens (primary N) is 1. The summed E-state index contributed by atoms with van der Waals surface area (Å²) < 4.78 is 0. The molecule has 0 saturated carbocycles. The van der Waals surface area contributed by atoms with E-state index in [0.29, 0.717) is 11.3 Å². The van der Waals surface area contributed by atoms with Gasteiger partial charge in [-0.1, -0.05) is 30.3 Å². The van der Waals surface area contributed by atoms with Gasteiger partial charge in [0.15, 0.2) is 0 Å². The van der Waals surface area contributed by atoms with Crippen molar-refractivity contribution in [2.24, 2.45) is 16.0 Å². The van der Waals surface area contributed by atoms with Gasteiger partial charge in [-0.2, -0.15) is 5.11 Å². The molecule has 2 aromatic rings. The van der Waals surface area contributed by atoms with Gasteiger partial charge < -0.3 is 5.73 Å².